The molecule has 96 valence electrons. The molecule has 1 atom stereocenters. The van der Waals surface area contributed by atoms with Crippen LogP contribution in [-0.2, 0) is 0 Å². The van der Waals surface area contributed by atoms with E-state index in [0.717, 1.165) is 21.9 Å². The summed E-state index contributed by atoms with van der Waals surface area (Å²) in [7, 11) is 3.64. The van der Waals surface area contributed by atoms with Crippen LogP contribution in [-0.4, -0.2) is 14.2 Å². The summed E-state index contributed by atoms with van der Waals surface area (Å²) in [4.78, 5) is 1.17. The van der Waals surface area contributed by atoms with Crippen molar-refractivity contribution in [3.8, 4) is 5.75 Å². The lowest BCUT2D eigenvalue weighted by molar-refractivity contribution is 0.408. The number of hydrogen-bond donors (Lipinski definition) is 1. The monoisotopic (exact) mass is 281 g/mol. The van der Waals surface area contributed by atoms with Crippen molar-refractivity contribution in [2.24, 2.45) is 0 Å². The second-order valence-corrected chi connectivity index (χ2v) is 5.44. The average molecular weight is 282 g/mol. The average Bonchev–Trinajstić information content (AvgIpc) is 2.83. The summed E-state index contributed by atoms with van der Waals surface area (Å²) in [6.07, 6.45) is 0. The van der Waals surface area contributed by atoms with E-state index in [9.17, 15) is 0 Å². The van der Waals surface area contributed by atoms with Crippen LogP contribution in [0, 0.1) is 6.92 Å². The summed E-state index contributed by atoms with van der Waals surface area (Å²) in [6, 6.07) is 8.25. The van der Waals surface area contributed by atoms with Crippen LogP contribution in [0.4, 0.5) is 0 Å². The molecule has 4 heteroatoms. The summed E-state index contributed by atoms with van der Waals surface area (Å²) >= 11 is 7.88. The molecule has 18 heavy (non-hydrogen) atoms. The highest BCUT2D eigenvalue weighted by atomic mass is 35.5. The van der Waals surface area contributed by atoms with E-state index in [4.69, 9.17) is 16.3 Å². The maximum absolute atomic E-state index is 6.19. The quantitative estimate of drug-likeness (QED) is 0.914. The standard InChI is InChI=1S/C14H16ClNOS/c1-9-4-5-10(8-11(9)15)13(16-2)14-12(17-3)6-7-18-14/h4-8,13,16H,1-3H3. The largest absolute Gasteiger partial charge is 0.496 e. The fourth-order valence-electron chi connectivity index (χ4n) is 1.93. The fourth-order valence-corrected chi connectivity index (χ4v) is 3.11. The molecule has 0 amide bonds. The Morgan fingerprint density at radius 1 is 1.33 bits per heavy atom. The third kappa shape index (κ3) is 2.53. The summed E-state index contributed by atoms with van der Waals surface area (Å²) in [5.41, 5.74) is 2.24. The number of nitrogens with one attached hydrogen (secondary N) is 1. The molecule has 2 rings (SSSR count). The highest BCUT2D eigenvalue weighted by Gasteiger charge is 2.18. The van der Waals surface area contributed by atoms with E-state index < -0.39 is 0 Å². The van der Waals surface area contributed by atoms with Gasteiger partial charge in [-0.05, 0) is 42.6 Å². The van der Waals surface area contributed by atoms with E-state index in [1.807, 2.05) is 37.6 Å². The van der Waals surface area contributed by atoms with Gasteiger partial charge in [-0.25, -0.2) is 0 Å². The summed E-state index contributed by atoms with van der Waals surface area (Å²) in [5.74, 6) is 0.913. The number of rotatable bonds is 4. The van der Waals surface area contributed by atoms with Crippen molar-refractivity contribution < 1.29 is 4.74 Å². The van der Waals surface area contributed by atoms with Gasteiger partial charge in [-0.1, -0.05) is 23.7 Å². The summed E-state index contributed by atoms with van der Waals surface area (Å²) in [6.45, 7) is 2.01. The van der Waals surface area contributed by atoms with Crippen molar-refractivity contribution in [2.45, 2.75) is 13.0 Å². The van der Waals surface area contributed by atoms with Gasteiger partial charge in [-0.15, -0.1) is 11.3 Å². The van der Waals surface area contributed by atoms with Crippen molar-refractivity contribution in [3.05, 3.63) is 50.7 Å². The Labute approximate surface area is 117 Å². The van der Waals surface area contributed by atoms with Crippen LogP contribution in [0.1, 0.15) is 22.0 Å². The molecule has 0 aliphatic heterocycles. The topological polar surface area (TPSA) is 21.3 Å². The first-order valence-corrected chi connectivity index (χ1v) is 6.97. The Hall–Kier alpha value is -1.03. The number of halogens is 1. The molecular formula is C14H16ClNOS. The van der Waals surface area contributed by atoms with Gasteiger partial charge in [0.1, 0.15) is 5.75 Å². The molecule has 0 radical (unpaired) electrons. The molecule has 1 unspecified atom stereocenters. The Morgan fingerprint density at radius 3 is 2.72 bits per heavy atom. The minimum absolute atomic E-state index is 0.109. The molecule has 0 saturated carbocycles. The fraction of sp³-hybridized carbons (Fsp3) is 0.286. The van der Waals surface area contributed by atoms with E-state index in [-0.39, 0.29) is 6.04 Å². The minimum atomic E-state index is 0.109. The third-order valence-electron chi connectivity index (χ3n) is 2.96. The lowest BCUT2D eigenvalue weighted by atomic mass is 10.0. The third-order valence-corrected chi connectivity index (χ3v) is 4.33. The van der Waals surface area contributed by atoms with Crippen molar-refractivity contribution in [1.82, 2.24) is 5.32 Å². The predicted molar refractivity (Wildman–Crippen MR) is 78.0 cm³/mol. The van der Waals surface area contributed by atoms with Gasteiger partial charge in [-0.3, -0.25) is 0 Å². The Kier molecular flexibility index (Phi) is 4.27. The smallest absolute Gasteiger partial charge is 0.134 e. The zero-order chi connectivity index (χ0) is 13.1. The number of benzene rings is 1. The van der Waals surface area contributed by atoms with Gasteiger partial charge in [-0.2, -0.15) is 0 Å². The van der Waals surface area contributed by atoms with E-state index in [0.29, 0.717) is 0 Å². The van der Waals surface area contributed by atoms with Crippen LogP contribution in [0.15, 0.2) is 29.6 Å². The maximum Gasteiger partial charge on any atom is 0.134 e. The lowest BCUT2D eigenvalue weighted by Crippen LogP contribution is -2.17. The number of aryl methyl sites for hydroxylation is 1. The van der Waals surface area contributed by atoms with Gasteiger partial charge in [0.05, 0.1) is 18.0 Å². The lowest BCUT2D eigenvalue weighted by Gasteiger charge is -2.17. The van der Waals surface area contributed by atoms with Crippen molar-refractivity contribution in [2.75, 3.05) is 14.2 Å². The summed E-state index contributed by atoms with van der Waals surface area (Å²) < 4.78 is 5.38. The zero-order valence-electron chi connectivity index (χ0n) is 10.7. The molecule has 2 nitrogen and oxygen atoms in total. The van der Waals surface area contributed by atoms with Gasteiger partial charge >= 0.3 is 0 Å². The van der Waals surface area contributed by atoms with Crippen LogP contribution in [0.2, 0.25) is 5.02 Å². The van der Waals surface area contributed by atoms with Crippen LogP contribution in [0.5, 0.6) is 5.75 Å². The molecule has 0 saturated heterocycles. The van der Waals surface area contributed by atoms with Gasteiger partial charge in [0, 0.05) is 5.02 Å². The normalized spacial score (nSPS) is 12.4. The van der Waals surface area contributed by atoms with Gasteiger partial charge in [0.15, 0.2) is 0 Å². The molecule has 1 aromatic heterocycles. The van der Waals surface area contributed by atoms with Crippen LogP contribution in [0.3, 0.4) is 0 Å². The van der Waals surface area contributed by atoms with E-state index in [2.05, 4.69) is 11.4 Å². The highest BCUT2D eigenvalue weighted by molar-refractivity contribution is 7.10. The van der Waals surface area contributed by atoms with Crippen molar-refractivity contribution >= 4 is 22.9 Å². The van der Waals surface area contributed by atoms with Crippen LogP contribution in [0.25, 0.3) is 0 Å². The molecule has 1 heterocycles. The minimum Gasteiger partial charge on any atom is -0.496 e. The highest BCUT2D eigenvalue weighted by Crippen LogP contribution is 2.35. The molecule has 0 aliphatic carbocycles. The number of ether oxygens (including phenoxy) is 1. The SMILES string of the molecule is CNC(c1ccc(C)c(Cl)c1)c1sccc1OC. The summed E-state index contributed by atoms with van der Waals surface area (Å²) in [5, 5.41) is 6.14. The molecule has 1 aromatic carbocycles. The second-order valence-electron chi connectivity index (χ2n) is 4.08. The molecule has 0 aliphatic rings. The first-order chi connectivity index (χ1) is 8.67. The van der Waals surface area contributed by atoms with Crippen molar-refractivity contribution in [1.29, 1.82) is 0 Å². The molecule has 1 N–H and O–H groups in total. The second kappa shape index (κ2) is 5.74. The maximum atomic E-state index is 6.19. The van der Waals surface area contributed by atoms with E-state index in [1.54, 1.807) is 18.4 Å². The molecule has 0 fully saturated rings. The van der Waals surface area contributed by atoms with Gasteiger partial charge in [0.2, 0.25) is 0 Å². The van der Waals surface area contributed by atoms with Crippen LogP contribution >= 0.6 is 22.9 Å². The van der Waals surface area contributed by atoms with Crippen molar-refractivity contribution in [3.63, 3.8) is 0 Å². The van der Waals surface area contributed by atoms with E-state index >= 15 is 0 Å². The Balaban J connectivity index is 2.42. The van der Waals surface area contributed by atoms with Gasteiger partial charge in [0.25, 0.3) is 0 Å². The molecule has 2 aromatic rings. The number of methoxy groups -OCH3 is 1. The predicted octanol–water partition coefficient (Wildman–Crippen LogP) is 4.03. The molecule has 0 bridgehead atoms. The Bertz CT molecular complexity index is 538. The Morgan fingerprint density at radius 2 is 2.11 bits per heavy atom. The van der Waals surface area contributed by atoms with Gasteiger partial charge < -0.3 is 10.1 Å². The zero-order valence-corrected chi connectivity index (χ0v) is 12.2. The number of thiophene rings is 1. The number of hydrogen-bond acceptors (Lipinski definition) is 3. The first-order valence-electron chi connectivity index (χ1n) is 5.72. The van der Waals surface area contributed by atoms with E-state index in [1.165, 1.54) is 4.88 Å². The molecule has 0 spiro atoms. The first kappa shape index (κ1) is 13.4. The van der Waals surface area contributed by atoms with Crippen LogP contribution < -0.4 is 10.1 Å². The molecular weight excluding hydrogens is 266 g/mol.